The number of rotatable bonds is 6. The summed E-state index contributed by atoms with van der Waals surface area (Å²) in [6.45, 7) is 5.81. The second kappa shape index (κ2) is 8.00. The monoisotopic (exact) mass is 407 g/mol. The van der Waals surface area contributed by atoms with Gasteiger partial charge in [-0.3, -0.25) is 14.4 Å². The first-order valence-electron chi connectivity index (χ1n) is 8.92. The highest BCUT2D eigenvalue weighted by Crippen LogP contribution is 2.35. The van der Waals surface area contributed by atoms with Crippen molar-refractivity contribution < 1.29 is 13.2 Å². The Hall–Kier alpha value is -1.90. The molecule has 2 atom stereocenters. The lowest BCUT2D eigenvalue weighted by Gasteiger charge is -2.38. The topological polar surface area (TPSA) is 78.5 Å². The molecule has 0 fully saturated rings. The second-order valence-electron chi connectivity index (χ2n) is 6.98. The van der Waals surface area contributed by atoms with Crippen molar-refractivity contribution in [2.75, 3.05) is 24.1 Å². The summed E-state index contributed by atoms with van der Waals surface area (Å²) in [6.07, 6.45) is 2.14. The third-order valence-corrected chi connectivity index (χ3v) is 6.58. The van der Waals surface area contributed by atoms with Gasteiger partial charge in [0.25, 0.3) is 5.91 Å². The molecule has 2 N–H and O–H groups in total. The van der Waals surface area contributed by atoms with Gasteiger partial charge in [0.2, 0.25) is 10.0 Å². The maximum absolute atomic E-state index is 12.3. The summed E-state index contributed by atoms with van der Waals surface area (Å²) in [6, 6.07) is 9.43. The first kappa shape index (κ1) is 19.9. The van der Waals surface area contributed by atoms with Crippen molar-refractivity contribution in [2.45, 2.75) is 32.4 Å². The van der Waals surface area contributed by atoms with Crippen LogP contribution >= 0.6 is 11.3 Å². The molecular formula is C19H25N3O3S2. The van der Waals surface area contributed by atoms with Gasteiger partial charge in [0.15, 0.2) is 0 Å². The van der Waals surface area contributed by atoms with Gasteiger partial charge in [-0.25, -0.2) is 8.42 Å². The van der Waals surface area contributed by atoms with Crippen LogP contribution in [0.25, 0.3) is 0 Å². The molecule has 1 aromatic heterocycles. The zero-order valence-corrected chi connectivity index (χ0v) is 17.4. The van der Waals surface area contributed by atoms with Crippen molar-refractivity contribution in [3.63, 3.8) is 0 Å². The molecule has 27 heavy (non-hydrogen) atoms. The molecule has 3 rings (SSSR count). The molecular weight excluding hydrogens is 382 g/mol. The second-order valence-corrected chi connectivity index (χ2v) is 9.68. The molecule has 0 spiro atoms. The molecule has 1 aliphatic heterocycles. The lowest BCUT2D eigenvalue weighted by molar-refractivity contribution is 0.0930. The molecule has 0 aliphatic carbocycles. The van der Waals surface area contributed by atoms with E-state index in [-0.39, 0.29) is 5.91 Å². The van der Waals surface area contributed by atoms with E-state index < -0.39 is 10.0 Å². The zero-order valence-electron chi connectivity index (χ0n) is 15.7. The Labute approximate surface area is 164 Å². The van der Waals surface area contributed by atoms with Crippen molar-refractivity contribution in [3.05, 3.63) is 51.7 Å². The number of sulfonamides is 1. The van der Waals surface area contributed by atoms with Crippen LogP contribution in [0.1, 0.15) is 40.7 Å². The van der Waals surface area contributed by atoms with E-state index in [1.807, 2.05) is 0 Å². The van der Waals surface area contributed by atoms with E-state index in [9.17, 15) is 13.2 Å². The normalized spacial score (nSPS) is 20.1. The van der Waals surface area contributed by atoms with Crippen LogP contribution < -0.4 is 10.0 Å². The maximum Gasteiger partial charge on any atom is 0.251 e. The van der Waals surface area contributed by atoms with E-state index in [0.29, 0.717) is 29.9 Å². The SMILES string of the molecule is C[C@@H]1Cc2ccsc2[C@H](C)N1CCNC(=O)c1ccc(NS(C)(=O)=O)cc1. The summed E-state index contributed by atoms with van der Waals surface area (Å²) >= 11 is 1.80. The molecule has 0 bridgehead atoms. The van der Waals surface area contributed by atoms with Crippen LogP contribution in [0.15, 0.2) is 35.7 Å². The number of carbonyl (C=O) groups is 1. The summed E-state index contributed by atoms with van der Waals surface area (Å²) < 4.78 is 24.8. The summed E-state index contributed by atoms with van der Waals surface area (Å²) in [4.78, 5) is 16.2. The molecule has 0 radical (unpaired) electrons. The third kappa shape index (κ3) is 4.88. The molecule has 146 valence electrons. The van der Waals surface area contributed by atoms with Crippen LogP contribution in [0.3, 0.4) is 0 Å². The van der Waals surface area contributed by atoms with Crippen LogP contribution in [0.5, 0.6) is 0 Å². The van der Waals surface area contributed by atoms with Gasteiger partial charge in [-0.2, -0.15) is 0 Å². The molecule has 1 aromatic carbocycles. The third-order valence-electron chi connectivity index (χ3n) is 4.85. The number of thiophene rings is 1. The highest BCUT2D eigenvalue weighted by Gasteiger charge is 2.29. The molecule has 1 amide bonds. The Morgan fingerprint density at radius 3 is 2.59 bits per heavy atom. The van der Waals surface area contributed by atoms with E-state index in [1.165, 1.54) is 10.4 Å². The fourth-order valence-electron chi connectivity index (χ4n) is 3.57. The van der Waals surface area contributed by atoms with E-state index in [4.69, 9.17) is 0 Å². The number of benzene rings is 1. The van der Waals surface area contributed by atoms with Crippen LogP contribution in [0, 0.1) is 0 Å². The Balaban J connectivity index is 1.54. The van der Waals surface area contributed by atoms with Gasteiger partial charge in [0.1, 0.15) is 0 Å². The van der Waals surface area contributed by atoms with Crippen LogP contribution in [-0.2, 0) is 16.4 Å². The Morgan fingerprint density at radius 1 is 1.22 bits per heavy atom. The highest BCUT2D eigenvalue weighted by molar-refractivity contribution is 7.92. The van der Waals surface area contributed by atoms with Crippen molar-refractivity contribution in [3.8, 4) is 0 Å². The van der Waals surface area contributed by atoms with E-state index in [0.717, 1.165) is 19.2 Å². The Morgan fingerprint density at radius 2 is 1.93 bits per heavy atom. The number of fused-ring (bicyclic) bond motifs is 1. The first-order valence-corrected chi connectivity index (χ1v) is 11.7. The zero-order chi connectivity index (χ0) is 19.6. The van der Waals surface area contributed by atoms with Gasteiger partial charge in [-0.05, 0) is 61.5 Å². The number of anilines is 1. The minimum atomic E-state index is -3.32. The van der Waals surface area contributed by atoms with Crippen LogP contribution in [-0.4, -0.2) is 44.6 Å². The predicted molar refractivity (Wildman–Crippen MR) is 110 cm³/mol. The smallest absolute Gasteiger partial charge is 0.251 e. The molecule has 6 nitrogen and oxygen atoms in total. The number of hydrogen-bond acceptors (Lipinski definition) is 5. The summed E-state index contributed by atoms with van der Waals surface area (Å²) in [7, 11) is -3.32. The molecule has 8 heteroatoms. The van der Waals surface area contributed by atoms with Gasteiger partial charge in [0, 0.05) is 41.3 Å². The molecule has 0 unspecified atom stereocenters. The number of nitrogens with zero attached hydrogens (tertiary/aromatic N) is 1. The first-order chi connectivity index (χ1) is 12.7. The maximum atomic E-state index is 12.3. The minimum Gasteiger partial charge on any atom is -0.351 e. The van der Waals surface area contributed by atoms with E-state index in [1.54, 1.807) is 35.6 Å². The fraction of sp³-hybridized carbons (Fsp3) is 0.421. The summed E-state index contributed by atoms with van der Waals surface area (Å²) in [5, 5.41) is 5.11. The molecule has 0 saturated carbocycles. The lowest BCUT2D eigenvalue weighted by Crippen LogP contribution is -2.44. The number of carbonyl (C=O) groups excluding carboxylic acids is 1. The minimum absolute atomic E-state index is 0.157. The Bertz CT molecular complexity index is 907. The number of nitrogens with one attached hydrogen (secondary N) is 2. The molecule has 0 saturated heterocycles. The lowest BCUT2D eigenvalue weighted by atomic mass is 9.97. The largest absolute Gasteiger partial charge is 0.351 e. The van der Waals surface area contributed by atoms with Crippen LogP contribution in [0.4, 0.5) is 5.69 Å². The quantitative estimate of drug-likeness (QED) is 0.772. The van der Waals surface area contributed by atoms with Gasteiger partial charge in [-0.1, -0.05) is 0 Å². The van der Waals surface area contributed by atoms with Crippen molar-refractivity contribution in [2.24, 2.45) is 0 Å². The Kier molecular flexibility index (Phi) is 5.88. The van der Waals surface area contributed by atoms with Gasteiger partial charge in [0.05, 0.1) is 6.26 Å². The van der Waals surface area contributed by atoms with Gasteiger partial charge in [-0.15, -0.1) is 11.3 Å². The van der Waals surface area contributed by atoms with Crippen molar-refractivity contribution in [1.29, 1.82) is 0 Å². The summed E-state index contributed by atoms with van der Waals surface area (Å²) in [5.74, 6) is -0.157. The van der Waals surface area contributed by atoms with Gasteiger partial charge >= 0.3 is 0 Å². The van der Waals surface area contributed by atoms with Crippen LogP contribution in [0.2, 0.25) is 0 Å². The van der Waals surface area contributed by atoms with Crippen molar-refractivity contribution >= 4 is 33.0 Å². The highest BCUT2D eigenvalue weighted by atomic mass is 32.2. The fourth-order valence-corrected chi connectivity index (χ4v) is 5.15. The summed E-state index contributed by atoms with van der Waals surface area (Å²) in [5.41, 5.74) is 2.40. The van der Waals surface area contributed by atoms with E-state index in [2.05, 4.69) is 40.2 Å². The van der Waals surface area contributed by atoms with Gasteiger partial charge < -0.3 is 5.32 Å². The van der Waals surface area contributed by atoms with Crippen molar-refractivity contribution in [1.82, 2.24) is 10.2 Å². The standard InChI is InChI=1S/C19H25N3O3S2/c1-13-12-16-8-11-26-18(16)14(2)22(13)10-9-20-19(23)15-4-6-17(7-5-15)21-27(3,24)25/h4-8,11,13-14,21H,9-10,12H2,1-3H3,(H,20,23)/t13-,14+/m1/s1. The predicted octanol–water partition coefficient (Wildman–Crippen LogP) is 2.86. The molecule has 1 aliphatic rings. The molecule has 2 heterocycles. The number of hydrogen-bond donors (Lipinski definition) is 2. The average molecular weight is 408 g/mol. The van der Waals surface area contributed by atoms with E-state index >= 15 is 0 Å². The average Bonchev–Trinajstić information content (AvgIpc) is 3.05. The number of amides is 1. The molecule has 2 aromatic rings.